The molecule has 1 aliphatic rings. The molecular formula is C14H27N3O2. The molecule has 1 unspecified atom stereocenters. The third kappa shape index (κ3) is 2.85. The second kappa shape index (κ2) is 5.39. The summed E-state index contributed by atoms with van der Waals surface area (Å²) in [6, 6.07) is 0.0870. The molecule has 19 heavy (non-hydrogen) atoms. The molecule has 0 bridgehead atoms. The van der Waals surface area contributed by atoms with Crippen LogP contribution in [0.3, 0.4) is 0 Å². The van der Waals surface area contributed by atoms with Crippen molar-refractivity contribution in [1.29, 1.82) is 0 Å². The zero-order valence-electron chi connectivity index (χ0n) is 12.7. The number of nitrogens with two attached hydrogens (primary N) is 1. The minimum Gasteiger partial charge on any atom is -0.409 e. The molecule has 0 heterocycles. The first-order valence-corrected chi connectivity index (χ1v) is 6.92. The summed E-state index contributed by atoms with van der Waals surface area (Å²) in [6.45, 7) is 8.34. The molecule has 1 atom stereocenters. The van der Waals surface area contributed by atoms with Crippen molar-refractivity contribution >= 4 is 11.7 Å². The molecule has 0 aromatic rings. The number of carbonyl (C=O) groups excluding carboxylic acids is 1. The first-order chi connectivity index (χ1) is 8.66. The molecule has 1 rings (SSSR count). The highest BCUT2D eigenvalue weighted by Gasteiger charge is 2.48. The standard InChI is InChI=1S/C14H27N3O2/c1-10(13(2,3)4)17(5)12(18)14(11(15)16-19)8-6-7-9-14/h10,19H,6-9H2,1-5H3,(H2,15,16). The predicted molar refractivity (Wildman–Crippen MR) is 76.0 cm³/mol. The van der Waals surface area contributed by atoms with E-state index < -0.39 is 5.41 Å². The Kier molecular flexibility index (Phi) is 4.48. The van der Waals surface area contributed by atoms with Gasteiger partial charge in [-0.2, -0.15) is 0 Å². The number of nitrogens with zero attached hydrogens (tertiary/aromatic N) is 2. The molecule has 5 heteroatoms. The summed E-state index contributed by atoms with van der Waals surface area (Å²) >= 11 is 0. The van der Waals surface area contributed by atoms with Crippen LogP contribution in [-0.2, 0) is 4.79 Å². The number of oxime groups is 1. The van der Waals surface area contributed by atoms with Crippen molar-refractivity contribution in [3.8, 4) is 0 Å². The smallest absolute Gasteiger partial charge is 0.236 e. The van der Waals surface area contributed by atoms with Crippen LogP contribution in [0.15, 0.2) is 5.16 Å². The van der Waals surface area contributed by atoms with E-state index >= 15 is 0 Å². The highest BCUT2D eigenvalue weighted by atomic mass is 16.4. The van der Waals surface area contributed by atoms with Crippen LogP contribution in [0.1, 0.15) is 53.4 Å². The molecule has 0 radical (unpaired) electrons. The summed E-state index contributed by atoms with van der Waals surface area (Å²) in [5.41, 5.74) is 5.01. The van der Waals surface area contributed by atoms with Crippen LogP contribution < -0.4 is 5.73 Å². The Balaban J connectivity index is 3.02. The molecular weight excluding hydrogens is 242 g/mol. The Labute approximate surface area is 115 Å². The van der Waals surface area contributed by atoms with Gasteiger partial charge in [-0.25, -0.2) is 0 Å². The number of rotatable bonds is 3. The number of amides is 1. The Morgan fingerprint density at radius 3 is 2.21 bits per heavy atom. The Morgan fingerprint density at radius 2 is 1.84 bits per heavy atom. The molecule has 0 aromatic heterocycles. The summed E-state index contributed by atoms with van der Waals surface area (Å²) < 4.78 is 0. The van der Waals surface area contributed by atoms with Crippen molar-refractivity contribution in [2.24, 2.45) is 21.7 Å². The maximum absolute atomic E-state index is 12.8. The average molecular weight is 269 g/mol. The van der Waals surface area contributed by atoms with Crippen molar-refractivity contribution < 1.29 is 10.0 Å². The van der Waals surface area contributed by atoms with E-state index in [1.165, 1.54) is 0 Å². The van der Waals surface area contributed by atoms with E-state index in [0.717, 1.165) is 12.8 Å². The number of amidine groups is 1. The maximum Gasteiger partial charge on any atom is 0.236 e. The summed E-state index contributed by atoms with van der Waals surface area (Å²) in [5.74, 6) is 0.0330. The quantitative estimate of drug-likeness (QED) is 0.357. The molecule has 0 saturated heterocycles. The van der Waals surface area contributed by atoms with Crippen molar-refractivity contribution in [1.82, 2.24) is 4.90 Å². The summed E-state index contributed by atoms with van der Waals surface area (Å²) in [4.78, 5) is 14.6. The third-order valence-corrected chi connectivity index (χ3v) is 4.62. The zero-order valence-corrected chi connectivity index (χ0v) is 12.7. The molecule has 1 fully saturated rings. The van der Waals surface area contributed by atoms with Gasteiger partial charge in [0.05, 0.1) is 0 Å². The molecule has 3 N–H and O–H groups in total. The van der Waals surface area contributed by atoms with Gasteiger partial charge in [0.2, 0.25) is 5.91 Å². The fourth-order valence-electron chi connectivity index (χ4n) is 2.75. The van der Waals surface area contributed by atoms with Gasteiger partial charge in [0.1, 0.15) is 5.41 Å². The summed E-state index contributed by atoms with van der Waals surface area (Å²) in [6.07, 6.45) is 3.23. The van der Waals surface area contributed by atoms with Gasteiger partial charge in [-0.05, 0) is 25.2 Å². The minimum absolute atomic E-state index is 0.00464. The van der Waals surface area contributed by atoms with Gasteiger partial charge < -0.3 is 15.8 Å². The van der Waals surface area contributed by atoms with E-state index in [4.69, 9.17) is 10.9 Å². The molecule has 0 aromatic carbocycles. The fraction of sp³-hybridized carbons (Fsp3) is 0.857. The first kappa shape index (κ1) is 15.8. The van der Waals surface area contributed by atoms with Crippen LogP contribution in [0.4, 0.5) is 0 Å². The van der Waals surface area contributed by atoms with Gasteiger partial charge in [-0.1, -0.05) is 38.8 Å². The Bertz CT molecular complexity index is 365. The van der Waals surface area contributed by atoms with E-state index in [-0.39, 0.29) is 23.2 Å². The second-order valence-electron chi connectivity index (χ2n) is 6.73. The lowest BCUT2D eigenvalue weighted by atomic mass is 9.80. The van der Waals surface area contributed by atoms with Gasteiger partial charge in [0.15, 0.2) is 5.84 Å². The number of hydrogen-bond acceptors (Lipinski definition) is 3. The lowest BCUT2D eigenvalue weighted by Crippen LogP contribution is -2.53. The van der Waals surface area contributed by atoms with Gasteiger partial charge >= 0.3 is 0 Å². The van der Waals surface area contributed by atoms with E-state index in [0.29, 0.717) is 12.8 Å². The highest BCUT2D eigenvalue weighted by Crippen LogP contribution is 2.41. The molecule has 0 spiro atoms. The third-order valence-electron chi connectivity index (χ3n) is 4.62. The lowest BCUT2D eigenvalue weighted by molar-refractivity contribution is -0.140. The number of hydrogen-bond donors (Lipinski definition) is 2. The van der Waals surface area contributed by atoms with E-state index in [2.05, 4.69) is 25.9 Å². The zero-order chi connectivity index (χ0) is 14.8. The fourth-order valence-corrected chi connectivity index (χ4v) is 2.75. The maximum atomic E-state index is 12.8. The van der Waals surface area contributed by atoms with Crippen molar-refractivity contribution in [2.75, 3.05) is 7.05 Å². The van der Waals surface area contributed by atoms with Crippen LogP contribution in [0.5, 0.6) is 0 Å². The Morgan fingerprint density at radius 1 is 1.37 bits per heavy atom. The van der Waals surface area contributed by atoms with Gasteiger partial charge in [-0.3, -0.25) is 4.79 Å². The van der Waals surface area contributed by atoms with Gasteiger partial charge in [0, 0.05) is 13.1 Å². The average Bonchev–Trinajstić information content (AvgIpc) is 2.84. The molecule has 110 valence electrons. The monoisotopic (exact) mass is 269 g/mol. The minimum atomic E-state index is -0.803. The molecule has 1 saturated carbocycles. The molecule has 1 aliphatic carbocycles. The van der Waals surface area contributed by atoms with Crippen LogP contribution in [0, 0.1) is 10.8 Å². The van der Waals surface area contributed by atoms with Gasteiger partial charge in [-0.15, -0.1) is 0 Å². The van der Waals surface area contributed by atoms with Crippen molar-refractivity contribution in [3.63, 3.8) is 0 Å². The topological polar surface area (TPSA) is 78.9 Å². The lowest BCUT2D eigenvalue weighted by Gasteiger charge is -2.40. The Hall–Kier alpha value is -1.26. The van der Waals surface area contributed by atoms with Crippen LogP contribution >= 0.6 is 0 Å². The van der Waals surface area contributed by atoms with Crippen LogP contribution in [0.2, 0.25) is 0 Å². The number of carbonyl (C=O) groups is 1. The van der Waals surface area contributed by atoms with E-state index in [1.54, 1.807) is 4.90 Å². The van der Waals surface area contributed by atoms with E-state index in [9.17, 15) is 4.79 Å². The van der Waals surface area contributed by atoms with Crippen LogP contribution in [0.25, 0.3) is 0 Å². The summed E-state index contributed by atoms with van der Waals surface area (Å²) in [7, 11) is 1.81. The summed E-state index contributed by atoms with van der Waals surface area (Å²) in [5, 5.41) is 12.1. The SMILES string of the molecule is CC(N(C)C(=O)C1(/C(N)=N/O)CCCC1)C(C)(C)C. The highest BCUT2D eigenvalue weighted by molar-refractivity contribution is 6.07. The molecule has 1 amide bonds. The van der Waals surface area contributed by atoms with Gasteiger partial charge in [0.25, 0.3) is 0 Å². The van der Waals surface area contributed by atoms with Crippen molar-refractivity contribution in [2.45, 2.75) is 59.4 Å². The first-order valence-electron chi connectivity index (χ1n) is 6.92. The predicted octanol–water partition coefficient (Wildman–Crippen LogP) is 2.19. The van der Waals surface area contributed by atoms with E-state index in [1.807, 2.05) is 14.0 Å². The van der Waals surface area contributed by atoms with Crippen molar-refractivity contribution in [3.05, 3.63) is 0 Å². The molecule has 5 nitrogen and oxygen atoms in total. The molecule has 0 aliphatic heterocycles. The largest absolute Gasteiger partial charge is 0.409 e. The second-order valence-corrected chi connectivity index (χ2v) is 6.73. The normalized spacial score (nSPS) is 21.2. The van der Waals surface area contributed by atoms with Crippen LogP contribution in [-0.4, -0.2) is 34.9 Å².